The van der Waals surface area contributed by atoms with Crippen molar-refractivity contribution in [2.45, 2.75) is 33.0 Å². The van der Waals surface area contributed by atoms with Crippen LogP contribution in [-0.4, -0.2) is 41.3 Å². The van der Waals surface area contributed by atoms with Crippen LogP contribution in [0.5, 0.6) is 0 Å². The third-order valence-electron chi connectivity index (χ3n) is 3.27. The average Bonchev–Trinajstić information content (AvgIpc) is 2.53. The first-order valence-electron chi connectivity index (χ1n) is 7.13. The summed E-state index contributed by atoms with van der Waals surface area (Å²) < 4.78 is 5.07. The molecule has 6 nitrogen and oxygen atoms in total. The highest BCUT2D eigenvalue weighted by Gasteiger charge is 2.32. The number of ether oxygens (including phenoxy) is 1. The van der Waals surface area contributed by atoms with Crippen molar-refractivity contribution in [3.63, 3.8) is 0 Å². The molecule has 1 amide bonds. The number of hydrogen-bond donors (Lipinski definition) is 3. The Morgan fingerprint density at radius 2 is 1.91 bits per heavy atom. The molecule has 1 aromatic carbocycles. The predicted molar refractivity (Wildman–Crippen MR) is 80.7 cm³/mol. The minimum absolute atomic E-state index is 0.0187. The molecule has 0 aliphatic carbocycles. The number of amides is 1. The van der Waals surface area contributed by atoms with E-state index in [0.29, 0.717) is 0 Å². The summed E-state index contributed by atoms with van der Waals surface area (Å²) in [5, 5.41) is 21.3. The SMILES string of the molecule is CC(C)(CO)[C@@H](O)C(=O)NCCC(=O)OCc1ccccc1. The highest BCUT2D eigenvalue weighted by molar-refractivity contribution is 5.81. The molecule has 0 unspecified atom stereocenters. The molecule has 1 aromatic rings. The quantitative estimate of drug-likeness (QED) is 0.612. The Hall–Kier alpha value is -1.92. The molecule has 3 N–H and O–H groups in total. The standard InChI is InChI=1S/C16H23NO5/c1-16(2,11-18)14(20)15(21)17-9-8-13(19)22-10-12-6-4-3-5-7-12/h3-7,14,18,20H,8-11H2,1-2H3,(H,17,21)/t14-/m0/s1. The molecule has 122 valence electrons. The summed E-state index contributed by atoms with van der Waals surface area (Å²) in [5.74, 6) is -1.05. The normalized spacial score (nSPS) is 12.5. The van der Waals surface area contributed by atoms with Crippen LogP contribution in [-0.2, 0) is 20.9 Å². The monoisotopic (exact) mass is 309 g/mol. The highest BCUT2D eigenvalue weighted by atomic mass is 16.5. The molecule has 1 atom stereocenters. The third-order valence-corrected chi connectivity index (χ3v) is 3.27. The Balaban J connectivity index is 2.26. The van der Waals surface area contributed by atoms with Gasteiger partial charge in [-0.2, -0.15) is 0 Å². The van der Waals surface area contributed by atoms with Crippen molar-refractivity contribution in [2.75, 3.05) is 13.2 Å². The molecule has 0 heterocycles. The molecule has 6 heteroatoms. The second kappa shape index (κ2) is 8.51. The number of carbonyl (C=O) groups excluding carboxylic acids is 2. The molecule has 0 spiro atoms. The lowest BCUT2D eigenvalue weighted by molar-refractivity contribution is -0.145. The van der Waals surface area contributed by atoms with Crippen LogP contribution < -0.4 is 5.32 Å². The molecule has 0 radical (unpaired) electrons. The zero-order valence-corrected chi connectivity index (χ0v) is 12.9. The van der Waals surface area contributed by atoms with Crippen molar-refractivity contribution in [2.24, 2.45) is 5.41 Å². The van der Waals surface area contributed by atoms with Gasteiger partial charge in [0.2, 0.25) is 5.91 Å². The Bertz CT molecular complexity index is 487. The van der Waals surface area contributed by atoms with E-state index in [0.717, 1.165) is 5.56 Å². The Morgan fingerprint density at radius 1 is 1.27 bits per heavy atom. The van der Waals surface area contributed by atoms with Crippen LogP contribution in [0.3, 0.4) is 0 Å². The number of rotatable bonds is 8. The Labute approximate surface area is 130 Å². The van der Waals surface area contributed by atoms with Crippen LogP contribution in [0.2, 0.25) is 0 Å². The maximum Gasteiger partial charge on any atom is 0.307 e. The van der Waals surface area contributed by atoms with Crippen LogP contribution in [0.1, 0.15) is 25.8 Å². The maximum atomic E-state index is 11.7. The molecular formula is C16H23NO5. The molecule has 0 saturated heterocycles. The average molecular weight is 309 g/mol. The van der Waals surface area contributed by atoms with Crippen molar-refractivity contribution >= 4 is 11.9 Å². The zero-order chi connectivity index (χ0) is 16.6. The van der Waals surface area contributed by atoms with Crippen molar-refractivity contribution in [1.29, 1.82) is 0 Å². The third kappa shape index (κ3) is 5.83. The highest BCUT2D eigenvalue weighted by Crippen LogP contribution is 2.19. The van der Waals surface area contributed by atoms with Crippen molar-refractivity contribution in [3.8, 4) is 0 Å². The number of nitrogens with one attached hydrogen (secondary N) is 1. The number of aliphatic hydroxyl groups excluding tert-OH is 2. The van der Waals surface area contributed by atoms with Crippen LogP contribution >= 0.6 is 0 Å². The molecule has 22 heavy (non-hydrogen) atoms. The fourth-order valence-electron chi connectivity index (χ4n) is 1.64. The van der Waals surface area contributed by atoms with Gasteiger partial charge in [0.25, 0.3) is 0 Å². The second-order valence-electron chi connectivity index (χ2n) is 5.74. The van der Waals surface area contributed by atoms with E-state index in [1.54, 1.807) is 13.8 Å². The van der Waals surface area contributed by atoms with Crippen molar-refractivity contribution in [1.82, 2.24) is 5.32 Å². The van der Waals surface area contributed by atoms with Crippen LogP contribution in [0, 0.1) is 5.41 Å². The smallest absolute Gasteiger partial charge is 0.307 e. The van der Waals surface area contributed by atoms with Crippen molar-refractivity contribution < 1.29 is 24.5 Å². The van der Waals surface area contributed by atoms with Gasteiger partial charge in [-0.25, -0.2) is 0 Å². The van der Waals surface area contributed by atoms with Gasteiger partial charge < -0.3 is 20.3 Å². The first kappa shape index (κ1) is 18.1. The van der Waals surface area contributed by atoms with E-state index in [2.05, 4.69) is 5.32 Å². The molecule has 0 saturated carbocycles. The first-order valence-corrected chi connectivity index (χ1v) is 7.13. The second-order valence-corrected chi connectivity index (χ2v) is 5.74. The van der Waals surface area contributed by atoms with Gasteiger partial charge in [-0.05, 0) is 5.56 Å². The van der Waals surface area contributed by atoms with E-state index >= 15 is 0 Å². The van der Waals surface area contributed by atoms with E-state index in [4.69, 9.17) is 9.84 Å². The van der Waals surface area contributed by atoms with E-state index in [-0.39, 0.29) is 26.2 Å². The van der Waals surface area contributed by atoms with Gasteiger partial charge in [0.15, 0.2) is 0 Å². The lowest BCUT2D eigenvalue weighted by Crippen LogP contribution is -2.46. The largest absolute Gasteiger partial charge is 0.461 e. The summed E-state index contributed by atoms with van der Waals surface area (Å²) in [7, 11) is 0. The Morgan fingerprint density at radius 3 is 2.50 bits per heavy atom. The van der Waals surface area contributed by atoms with Crippen LogP contribution in [0.25, 0.3) is 0 Å². The van der Waals surface area contributed by atoms with Gasteiger partial charge in [-0.1, -0.05) is 44.2 Å². The number of carbonyl (C=O) groups is 2. The number of benzene rings is 1. The maximum absolute atomic E-state index is 11.7. The van der Waals surface area contributed by atoms with Gasteiger partial charge in [-0.3, -0.25) is 9.59 Å². The minimum Gasteiger partial charge on any atom is -0.461 e. The summed E-state index contributed by atoms with van der Waals surface area (Å²) in [6.45, 7) is 3.09. The van der Waals surface area contributed by atoms with Gasteiger partial charge in [-0.15, -0.1) is 0 Å². The Kier molecular flexibility index (Phi) is 7.01. The molecular weight excluding hydrogens is 286 g/mol. The zero-order valence-electron chi connectivity index (χ0n) is 12.9. The van der Waals surface area contributed by atoms with E-state index < -0.39 is 23.4 Å². The van der Waals surface area contributed by atoms with E-state index in [1.807, 2.05) is 30.3 Å². The topological polar surface area (TPSA) is 95.9 Å². The van der Waals surface area contributed by atoms with Gasteiger partial charge >= 0.3 is 5.97 Å². The number of aliphatic hydroxyl groups is 2. The molecule has 0 aliphatic heterocycles. The summed E-state index contributed by atoms with van der Waals surface area (Å²) in [6, 6.07) is 9.28. The summed E-state index contributed by atoms with van der Waals surface area (Å²) in [5.41, 5.74) is -0.0437. The molecule has 1 rings (SSSR count). The minimum atomic E-state index is -1.34. The van der Waals surface area contributed by atoms with Crippen LogP contribution in [0.4, 0.5) is 0 Å². The fourth-order valence-corrected chi connectivity index (χ4v) is 1.64. The number of esters is 1. The number of hydrogen-bond acceptors (Lipinski definition) is 5. The summed E-state index contributed by atoms with van der Waals surface area (Å²) >= 11 is 0. The van der Waals surface area contributed by atoms with Crippen molar-refractivity contribution in [3.05, 3.63) is 35.9 Å². The van der Waals surface area contributed by atoms with Gasteiger partial charge in [0.1, 0.15) is 12.7 Å². The molecule has 0 bridgehead atoms. The van der Waals surface area contributed by atoms with E-state index in [9.17, 15) is 14.7 Å². The lowest BCUT2D eigenvalue weighted by Gasteiger charge is -2.27. The predicted octanol–water partition coefficient (Wildman–Crippen LogP) is 0.615. The first-order chi connectivity index (χ1) is 10.4. The molecule has 0 aliphatic rings. The van der Waals surface area contributed by atoms with Gasteiger partial charge in [0.05, 0.1) is 13.0 Å². The van der Waals surface area contributed by atoms with E-state index in [1.165, 1.54) is 0 Å². The summed E-state index contributed by atoms with van der Waals surface area (Å²) in [4.78, 5) is 23.2. The van der Waals surface area contributed by atoms with Crippen LogP contribution in [0.15, 0.2) is 30.3 Å². The molecule has 0 fully saturated rings. The fraction of sp³-hybridized carbons (Fsp3) is 0.500. The van der Waals surface area contributed by atoms with Gasteiger partial charge in [0, 0.05) is 12.0 Å². The summed E-state index contributed by atoms with van der Waals surface area (Å²) in [6.07, 6.45) is -1.32. The molecule has 0 aromatic heterocycles. The lowest BCUT2D eigenvalue weighted by atomic mass is 9.87.